The lowest BCUT2D eigenvalue weighted by Gasteiger charge is -2.08. The Morgan fingerprint density at radius 1 is 1.46 bits per heavy atom. The van der Waals surface area contributed by atoms with Crippen molar-refractivity contribution in [2.45, 2.75) is 12.8 Å². The molecule has 0 saturated heterocycles. The van der Waals surface area contributed by atoms with Gasteiger partial charge in [-0.05, 0) is 28.8 Å². The van der Waals surface area contributed by atoms with Crippen molar-refractivity contribution in [2.24, 2.45) is 0 Å². The van der Waals surface area contributed by atoms with E-state index in [0.717, 1.165) is 22.5 Å². The lowest BCUT2D eigenvalue weighted by Crippen LogP contribution is -2.00. The van der Waals surface area contributed by atoms with Crippen molar-refractivity contribution in [1.82, 2.24) is 15.2 Å². The predicted octanol–water partition coefficient (Wildman–Crippen LogP) is 2.39. The van der Waals surface area contributed by atoms with E-state index in [-0.39, 0.29) is 0 Å². The maximum absolute atomic E-state index is 4.44. The van der Waals surface area contributed by atoms with Gasteiger partial charge in [0.2, 0.25) is 0 Å². The fraction of sp³-hybridized carbons (Fsp3) is 0.250. The second-order valence-corrected chi connectivity index (χ2v) is 5.36. The molecule has 13 heavy (non-hydrogen) atoms. The number of nitrogens with one attached hydrogen (secondary N) is 1. The van der Waals surface area contributed by atoms with Gasteiger partial charge in [-0.2, -0.15) is 5.10 Å². The normalized spacial score (nSPS) is 13.9. The molecule has 0 saturated carbocycles. The van der Waals surface area contributed by atoms with Gasteiger partial charge < -0.3 is 0 Å². The Morgan fingerprint density at radius 3 is 3.31 bits per heavy atom. The van der Waals surface area contributed by atoms with Gasteiger partial charge in [0.1, 0.15) is 0 Å². The summed E-state index contributed by atoms with van der Waals surface area (Å²) >= 11 is 5.13. The van der Waals surface area contributed by atoms with Crippen LogP contribution in [0, 0.1) is 0 Å². The summed E-state index contributed by atoms with van der Waals surface area (Å²) in [4.78, 5) is 5.80. The summed E-state index contributed by atoms with van der Waals surface area (Å²) in [6.07, 6.45) is 3.99. The number of aromatic amines is 1. The Labute approximate surface area is 87.3 Å². The highest BCUT2D eigenvalue weighted by molar-refractivity contribution is 9.11. The van der Waals surface area contributed by atoms with Crippen molar-refractivity contribution in [1.29, 1.82) is 0 Å². The number of thiazole rings is 1. The Morgan fingerprint density at radius 2 is 2.38 bits per heavy atom. The summed E-state index contributed by atoms with van der Waals surface area (Å²) in [6, 6.07) is 0. The topological polar surface area (TPSA) is 41.6 Å². The summed E-state index contributed by atoms with van der Waals surface area (Å²) in [5.41, 5.74) is 3.49. The summed E-state index contributed by atoms with van der Waals surface area (Å²) in [5, 5.41) is 7.04. The van der Waals surface area contributed by atoms with Crippen LogP contribution < -0.4 is 0 Å². The zero-order valence-electron chi connectivity index (χ0n) is 6.67. The number of nitrogens with zero attached hydrogens (tertiary/aromatic N) is 2. The molecule has 66 valence electrons. The maximum atomic E-state index is 4.44. The van der Waals surface area contributed by atoms with Crippen LogP contribution in [0.25, 0.3) is 11.3 Å². The van der Waals surface area contributed by atoms with E-state index in [2.05, 4.69) is 31.1 Å². The number of rotatable bonds is 0. The van der Waals surface area contributed by atoms with E-state index in [1.54, 1.807) is 11.3 Å². The Kier molecular flexibility index (Phi) is 1.57. The van der Waals surface area contributed by atoms with Crippen LogP contribution in [0.15, 0.2) is 10.1 Å². The van der Waals surface area contributed by atoms with Gasteiger partial charge in [-0.3, -0.25) is 5.10 Å². The van der Waals surface area contributed by atoms with Crippen molar-refractivity contribution in [2.75, 3.05) is 0 Å². The van der Waals surface area contributed by atoms with Crippen LogP contribution in [0.5, 0.6) is 0 Å². The summed E-state index contributed by atoms with van der Waals surface area (Å²) in [5.74, 6) is 0. The molecule has 2 heterocycles. The number of aromatic nitrogens is 3. The van der Waals surface area contributed by atoms with Crippen LogP contribution in [0.3, 0.4) is 0 Å². The third-order valence-corrected chi connectivity index (χ3v) is 3.81. The molecule has 0 atom stereocenters. The van der Waals surface area contributed by atoms with Crippen molar-refractivity contribution in [3.8, 4) is 11.3 Å². The van der Waals surface area contributed by atoms with Gasteiger partial charge in [-0.1, -0.05) is 0 Å². The average Bonchev–Trinajstić information content (AvgIpc) is 2.65. The van der Waals surface area contributed by atoms with Crippen LogP contribution in [0.1, 0.15) is 10.6 Å². The number of fused-ring (bicyclic) bond motifs is 3. The summed E-state index contributed by atoms with van der Waals surface area (Å²) < 4.78 is 0.964. The molecule has 1 aliphatic carbocycles. The molecule has 0 bridgehead atoms. The molecule has 2 aromatic rings. The van der Waals surface area contributed by atoms with E-state index in [1.807, 2.05) is 6.20 Å². The lowest BCUT2D eigenvalue weighted by molar-refractivity contribution is 0.890. The second-order valence-electron chi connectivity index (χ2n) is 3.00. The highest BCUT2D eigenvalue weighted by Crippen LogP contribution is 2.36. The average molecular weight is 256 g/mol. The third kappa shape index (κ3) is 1.07. The quantitative estimate of drug-likeness (QED) is 0.786. The van der Waals surface area contributed by atoms with Crippen LogP contribution in [-0.2, 0) is 12.8 Å². The van der Waals surface area contributed by atoms with Crippen molar-refractivity contribution >= 4 is 27.3 Å². The van der Waals surface area contributed by atoms with Crippen LogP contribution in [0.2, 0.25) is 0 Å². The third-order valence-electron chi connectivity index (χ3n) is 2.25. The van der Waals surface area contributed by atoms with Crippen molar-refractivity contribution < 1.29 is 0 Å². The van der Waals surface area contributed by atoms with Gasteiger partial charge in [-0.25, -0.2) is 4.98 Å². The number of H-pyrrole nitrogens is 1. The second kappa shape index (κ2) is 2.65. The minimum Gasteiger partial charge on any atom is -0.282 e. The van der Waals surface area contributed by atoms with E-state index in [1.165, 1.54) is 16.1 Å². The highest BCUT2D eigenvalue weighted by Gasteiger charge is 2.21. The molecule has 0 aliphatic heterocycles. The van der Waals surface area contributed by atoms with Crippen LogP contribution in [-0.4, -0.2) is 15.2 Å². The Hall–Kier alpha value is -0.680. The molecule has 1 N–H and O–H groups in total. The van der Waals surface area contributed by atoms with E-state index < -0.39 is 0 Å². The first-order chi connectivity index (χ1) is 6.34. The van der Waals surface area contributed by atoms with E-state index >= 15 is 0 Å². The molecular formula is C8H6BrN3S. The van der Waals surface area contributed by atoms with Gasteiger partial charge in [0, 0.05) is 16.1 Å². The molecule has 2 aromatic heterocycles. The molecule has 1 aliphatic rings. The Balaban J connectivity index is 2.29. The molecule has 5 heteroatoms. The standard InChI is InChI=1S/C8H6BrN3S/c9-8-11-7-4-3-10-12-5(4)1-2-6(7)13-8/h3H,1-2H2,(H,10,12). The molecule has 0 spiro atoms. The fourth-order valence-corrected chi connectivity index (χ4v) is 3.21. The minimum atomic E-state index is 0.964. The fourth-order valence-electron chi connectivity index (χ4n) is 1.65. The van der Waals surface area contributed by atoms with Gasteiger partial charge in [0.15, 0.2) is 3.92 Å². The smallest absolute Gasteiger partial charge is 0.160 e. The minimum absolute atomic E-state index is 0.964. The first-order valence-electron chi connectivity index (χ1n) is 4.02. The molecule has 0 radical (unpaired) electrons. The number of hydrogen-bond acceptors (Lipinski definition) is 3. The highest BCUT2D eigenvalue weighted by atomic mass is 79.9. The molecule has 0 amide bonds. The number of hydrogen-bond donors (Lipinski definition) is 1. The van der Waals surface area contributed by atoms with Gasteiger partial charge in [-0.15, -0.1) is 11.3 Å². The number of aryl methyl sites for hydroxylation is 2. The van der Waals surface area contributed by atoms with Crippen LogP contribution >= 0.6 is 27.3 Å². The molecule has 3 rings (SSSR count). The monoisotopic (exact) mass is 255 g/mol. The SMILES string of the molecule is Brc1nc2c(s1)CCc1[nH]ncc1-2. The van der Waals surface area contributed by atoms with Gasteiger partial charge in [0.25, 0.3) is 0 Å². The van der Waals surface area contributed by atoms with Crippen molar-refractivity contribution in [3.05, 3.63) is 20.7 Å². The zero-order chi connectivity index (χ0) is 8.84. The largest absolute Gasteiger partial charge is 0.282 e. The summed E-state index contributed by atoms with van der Waals surface area (Å²) in [6.45, 7) is 0. The number of halogens is 1. The molecule has 3 nitrogen and oxygen atoms in total. The Bertz CT molecular complexity index is 460. The maximum Gasteiger partial charge on any atom is 0.160 e. The first-order valence-corrected chi connectivity index (χ1v) is 5.63. The molecular weight excluding hydrogens is 250 g/mol. The lowest BCUT2D eigenvalue weighted by atomic mass is 10.0. The van der Waals surface area contributed by atoms with Gasteiger partial charge in [0.05, 0.1) is 11.9 Å². The zero-order valence-corrected chi connectivity index (χ0v) is 9.07. The first kappa shape index (κ1) is 7.70. The van der Waals surface area contributed by atoms with E-state index in [0.29, 0.717) is 0 Å². The molecule has 0 unspecified atom stereocenters. The summed E-state index contributed by atoms with van der Waals surface area (Å²) in [7, 11) is 0. The van der Waals surface area contributed by atoms with E-state index in [9.17, 15) is 0 Å². The predicted molar refractivity (Wildman–Crippen MR) is 54.8 cm³/mol. The van der Waals surface area contributed by atoms with E-state index in [4.69, 9.17) is 0 Å². The van der Waals surface area contributed by atoms with Gasteiger partial charge >= 0.3 is 0 Å². The van der Waals surface area contributed by atoms with Crippen LogP contribution in [0.4, 0.5) is 0 Å². The molecule has 0 fully saturated rings. The molecule has 0 aromatic carbocycles. The van der Waals surface area contributed by atoms with Crippen molar-refractivity contribution in [3.63, 3.8) is 0 Å².